The van der Waals surface area contributed by atoms with Gasteiger partial charge in [0.25, 0.3) is 5.95 Å². The minimum atomic E-state index is -0.644. The summed E-state index contributed by atoms with van der Waals surface area (Å²) < 4.78 is 13.6. The number of nitrogens with one attached hydrogen (secondary N) is 1. The number of nitrogens with zero attached hydrogens (tertiary/aromatic N) is 2. The number of hydrogen-bond donors (Lipinski definition) is 1. The average Bonchev–Trinajstić information content (AvgIpc) is 2.56. The molecule has 0 radical (unpaired) electrons. The lowest BCUT2D eigenvalue weighted by molar-refractivity contribution is 0.582. The summed E-state index contributed by atoms with van der Waals surface area (Å²) in [4.78, 5) is 7.25. The average molecular weight is 230 g/mol. The third-order valence-electron chi connectivity index (χ3n) is 1.52. The Morgan fingerprint density at radius 1 is 1.36 bits per heavy atom. The fourth-order valence-corrected chi connectivity index (χ4v) is 1.75. The van der Waals surface area contributed by atoms with E-state index in [0.29, 0.717) is 10.0 Å². The van der Waals surface area contributed by atoms with Crippen molar-refractivity contribution in [3.63, 3.8) is 0 Å². The highest BCUT2D eigenvalue weighted by Gasteiger charge is 2.06. The highest BCUT2D eigenvalue weighted by Crippen LogP contribution is 2.30. The Balaban J connectivity index is 2.28. The van der Waals surface area contributed by atoms with Crippen molar-refractivity contribution in [2.45, 2.75) is 0 Å². The Morgan fingerprint density at radius 3 is 2.79 bits per heavy atom. The molecule has 0 bridgehead atoms. The smallest absolute Gasteiger partial charge is 0.255 e. The molecule has 0 atom stereocenters. The molecule has 72 valence electrons. The van der Waals surface area contributed by atoms with Gasteiger partial charge in [-0.1, -0.05) is 11.6 Å². The summed E-state index contributed by atoms with van der Waals surface area (Å²) in [6.07, 6.45) is 2.70. The molecule has 0 unspecified atom stereocenters. The van der Waals surface area contributed by atoms with Crippen molar-refractivity contribution in [2.24, 2.45) is 0 Å². The molecule has 0 spiro atoms. The Kier molecular flexibility index (Phi) is 2.60. The maximum absolute atomic E-state index is 13.0. The van der Waals surface area contributed by atoms with Crippen molar-refractivity contribution in [3.05, 3.63) is 34.1 Å². The standard InChI is InChI=1S/C8H5ClFN3S/c9-6-5(1-4-14-6)13-8-7(10)11-2-3-12-8/h1-4H,(H,12,13). The van der Waals surface area contributed by atoms with Gasteiger partial charge in [0.15, 0.2) is 5.82 Å². The van der Waals surface area contributed by atoms with E-state index in [1.807, 2.05) is 0 Å². The van der Waals surface area contributed by atoms with E-state index in [1.165, 1.54) is 23.7 Å². The van der Waals surface area contributed by atoms with E-state index in [-0.39, 0.29) is 5.82 Å². The van der Waals surface area contributed by atoms with Crippen molar-refractivity contribution < 1.29 is 4.39 Å². The van der Waals surface area contributed by atoms with Gasteiger partial charge in [-0.05, 0) is 11.4 Å². The van der Waals surface area contributed by atoms with Crippen LogP contribution in [0.2, 0.25) is 4.34 Å². The van der Waals surface area contributed by atoms with Crippen LogP contribution >= 0.6 is 22.9 Å². The second-order valence-electron chi connectivity index (χ2n) is 2.43. The highest BCUT2D eigenvalue weighted by atomic mass is 35.5. The fraction of sp³-hybridized carbons (Fsp3) is 0. The van der Waals surface area contributed by atoms with E-state index in [1.54, 1.807) is 11.4 Å². The van der Waals surface area contributed by atoms with Crippen molar-refractivity contribution in [3.8, 4) is 0 Å². The predicted molar refractivity (Wildman–Crippen MR) is 54.6 cm³/mol. The van der Waals surface area contributed by atoms with Crippen LogP contribution in [0.1, 0.15) is 0 Å². The molecule has 0 aromatic carbocycles. The fourth-order valence-electron chi connectivity index (χ4n) is 0.914. The van der Waals surface area contributed by atoms with Gasteiger partial charge in [-0.15, -0.1) is 11.3 Å². The molecule has 6 heteroatoms. The summed E-state index contributed by atoms with van der Waals surface area (Å²) in [7, 11) is 0. The van der Waals surface area contributed by atoms with Gasteiger partial charge >= 0.3 is 0 Å². The number of hydrogen-bond acceptors (Lipinski definition) is 4. The molecule has 0 fully saturated rings. The van der Waals surface area contributed by atoms with Crippen LogP contribution in [0, 0.1) is 5.95 Å². The van der Waals surface area contributed by atoms with Crippen LogP contribution in [0.15, 0.2) is 23.8 Å². The van der Waals surface area contributed by atoms with Crippen LogP contribution in [-0.4, -0.2) is 9.97 Å². The monoisotopic (exact) mass is 229 g/mol. The van der Waals surface area contributed by atoms with Gasteiger partial charge in [0.1, 0.15) is 4.34 Å². The van der Waals surface area contributed by atoms with Gasteiger partial charge in [-0.3, -0.25) is 0 Å². The summed E-state index contributed by atoms with van der Waals surface area (Å²) >= 11 is 7.19. The van der Waals surface area contributed by atoms with Crippen molar-refractivity contribution >= 4 is 34.4 Å². The molecule has 2 heterocycles. The molecule has 0 aliphatic rings. The van der Waals surface area contributed by atoms with Gasteiger partial charge in [-0.25, -0.2) is 9.97 Å². The van der Waals surface area contributed by atoms with Gasteiger partial charge in [0.2, 0.25) is 0 Å². The minimum Gasteiger partial charge on any atom is -0.334 e. The topological polar surface area (TPSA) is 37.8 Å². The van der Waals surface area contributed by atoms with Gasteiger partial charge in [0, 0.05) is 12.4 Å². The first-order chi connectivity index (χ1) is 6.77. The maximum Gasteiger partial charge on any atom is 0.255 e. The second kappa shape index (κ2) is 3.89. The Morgan fingerprint density at radius 2 is 2.14 bits per heavy atom. The molecule has 1 N–H and O–H groups in total. The summed E-state index contributed by atoms with van der Waals surface area (Å²) in [6.45, 7) is 0. The molecule has 2 aromatic heterocycles. The first-order valence-corrected chi connectivity index (χ1v) is 4.99. The van der Waals surface area contributed by atoms with Crippen LogP contribution in [0.5, 0.6) is 0 Å². The van der Waals surface area contributed by atoms with E-state index in [4.69, 9.17) is 11.6 Å². The molecule has 2 aromatic rings. The number of rotatable bonds is 2. The third-order valence-corrected chi connectivity index (χ3v) is 2.69. The highest BCUT2D eigenvalue weighted by molar-refractivity contribution is 7.15. The zero-order valence-corrected chi connectivity index (χ0v) is 8.44. The normalized spacial score (nSPS) is 10.1. The van der Waals surface area contributed by atoms with E-state index in [0.717, 1.165) is 0 Å². The molecule has 0 saturated carbocycles. The summed E-state index contributed by atoms with van der Waals surface area (Å²) in [5, 5.41) is 4.55. The van der Waals surface area contributed by atoms with Crippen LogP contribution in [0.25, 0.3) is 0 Å². The maximum atomic E-state index is 13.0. The van der Waals surface area contributed by atoms with E-state index in [9.17, 15) is 4.39 Å². The number of halogens is 2. The molecule has 0 aliphatic carbocycles. The number of thiophene rings is 1. The number of anilines is 2. The lowest BCUT2D eigenvalue weighted by Gasteiger charge is -2.02. The molecule has 0 amide bonds. The summed E-state index contributed by atoms with van der Waals surface area (Å²) in [5.74, 6) is -0.567. The lowest BCUT2D eigenvalue weighted by Crippen LogP contribution is -1.97. The van der Waals surface area contributed by atoms with Gasteiger partial charge in [0.05, 0.1) is 5.69 Å². The SMILES string of the molecule is Fc1nccnc1Nc1ccsc1Cl. The zero-order valence-electron chi connectivity index (χ0n) is 6.87. The van der Waals surface area contributed by atoms with Gasteiger partial charge in [-0.2, -0.15) is 4.39 Å². The molecule has 14 heavy (non-hydrogen) atoms. The summed E-state index contributed by atoms with van der Waals surface area (Å²) in [6, 6.07) is 1.75. The molecule has 2 rings (SSSR count). The molecular weight excluding hydrogens is 225 g/mol. The van der Waals surface area contributed by atoms with Crippen LogP contribution in [0.3, 0.4) is 0 Å². The molecule has 0 saturated heterocycles. The lowest BCUT2D eigenvalue weighted by atomic mass is 10.5. The van der Waals surface area contributed by atoms with Crippen LogP contribution in [-0.2, 0) is 0 Å². The number of aromatic nitrogens is 2. The molecular formula is C8H5ClFN3S. The third kappa shape index (κ3) is 1.83. The zero-order chi connectivity index (χ0) is 9.97. The van der Waals surface area contributed by atoms with E-state index < -0.39 is 5.95 Å². The Bertz CT molecular complexity index is 446. The molecule has 0 aliphatic heterocycles. The second-order valence-corrected chi connectivity index (χ2v) is 3.95. The summed E-state index contributed by atoms with van der Waals surface area (Å²) in [5.41, 5.74) is 0.635. The van der Waals surface area contributed by atoms with Crippen molar-refractivity contribution in [2.75, 3.05) is 5.32 Å². The van der Waals surface area contributed by atoms with Crippen LogP contribution in [0.4, 0.5) is 15.9 Å². The predicted octanol–water partition coefficient (Wildman–Crippen LogP) is 3.07. The Hall–Kier alpha value is -1.20. The first-order valence-electron chi connectivity index (χ1n) is 3.74. The van der Waals surface area contributed by atoms with E-state index >= 15 is 0 Å². The van der Waals surface area contributed by atoms with Gasteiger partial charge < -0.3 is 5.32 Å². The largest absolute Gasteiger partial charge is 0.334 e. The molecule has 3 nitrogen and oxygen atoms in total. The quantitative estimate of drug-likeness (QED) is 0.860. The van der Waals surface area contributed by atoms with Crippen molar-refractivity contribution in [1.29, 1.82) is 0 Å². The minimum absolute atomic E-state index is 0.0767. The van der Waals surface area contributed by atoms with E-state index in [2.05, 4.69) is 15.3 Å². The Labute approximate surface area is 88.6 Å². The first kappa shape index (κ1) is 9.36. The van der Waals surface area contributed by atoms with Crippen molar-refractivity contribution in [1.82, 2.24) is 9.97 Å². The van der Waals surface area contributed by atoms with Crippen LogP contribution < -0.4 is 5.32 Å².